The predicted molar refractivity (Wildman–Crippen MR) is 253 cm³/mol. The second-order valence-electron chi connectivity index (χ2n) is 18.2. The molecule has 0 aromatic heterocycles. The van der Waals surface area contributed by atoms with E-state index >= 15 is 0 Å². The molecule has 0 aromatic rings. The number of aliphatic hydroxyl groups excluding tert-OH is 1. The molecule has 2 atom stereocenters. The Morgan fingerprint density at radius 2 is 0.707 bits per heavy atom. The molecule has 0 aromatic carbocycles. The van der Waals surface area contributed by atoms with Crippen LogP contribution >= 0.6 is 0 Å². The predicted octanol–water partition coefficient (Wildman–Crippen LogP) is 16.1. The second kappa shape index (κ2) is 45.6. The number of rotatable bonds is 48. The first kappa shape index (κ1) is 57.1. The van der Waals surface area contributed by atoms with Gasteiger partial charge in [0, 0.05) is 6.42 Å². The summed E-state index contributed by atoms with van der Waals surface area (Å²) in [5, 5.41) is 13.3. The molecular formula is C51H101NO5S. The minimum Gasteiger partial charge on any atom is -0.387 e. The number of hydrogen-bond donors (Lipinski definition) is 3. The third-order valence-corrected chi connectivity index (χ3v) is 13.0. The van der Waals surface area contributed by atoms with E-state index in [1.807, 2.05) is 6.08 Å². The number of amides is 1. The van der Waals surface area contributed by atoms with Gasteiger partial charge < -0.3 is 10.4 Å². The van der Waals surface area contributed by atoms with E-state index in [1.165, 1.54) is 231 Å². The van der Waals surface area contributed by atoms with Gasteiger partial charge in [0.1, 0.15) is 0 Å². The second-order valence-corrected chi connectivity index (χ2v) is 19.7. The number of unbranched alkanes of at least 4 members (excludes halogenated alkanes) is 40. The lowest BCUT2D eigenvalue weighted by atomic mass is 10.0. The number of allylic oxidation sites excluding steroid dienone is 1. The third kappa shape index (κ3) is 46.2. The van der Waals surface area contributed by atoms with Crippen LogP contribution in [0.25, 0.3) is 0 Å². The summed E-state index contributed by atoms with van der Waals surface area (Å²) >= 11 is 0. The summed E-state index contributed by atoms with van der Waals surface area (Å²) in [6, 6.07) is -1.05. The van der Waals surface area contributed by atoms with Crippen molar-refractivity contribution >= 4 is 16.0 Å². The minimum atomic E-state index is -4.34. The van der Waals surface area contributed by atoms with Gasteiger partial charge in [0.15, 0.2) is 0 Å². The summed E-state index contributed by atoms with van der Waals surface area (Å²) in [6.07, 6.45) is 57.9. The lowest BCUT2D eigenvalue weighted by Gasteiger charge is -2.21. The summed E-state index contributed by atoms with van der Waals surface area (Å²) in [5.41, 5.74) is 0. The van der Waals surface area contributed by atoms with Gasteiger partial charge in [0.2, 0.25) is 5.91 Å². The Balaban J connectivity index is 3.75. The summed E-state index contributed by atoms with van der Waals surface area (Å²) < 4.78 is 32.7. The van der Waals surface area contributed by atoms with Crippen molar-refractivity contribution in [2.45, 2.75) is 302 Å². The standard InChI is InChI=1S/C51H101NO5S/c1-3-5-7-9-11-13-15-17-19-21-23-25-27-29-31-33-35-37-39-41-43-45-47-51(54)52-49(48-58(55,56)57)50(53)46-44-42-40-38-36-34-32-30-28-26-24-22-20-18-16-14-12-10-8-6-4-2/h44,46,49-50,53H,3-43,45,47-48H2,1-2H3,(H,52,54)(H,55,56,57)/b46-44+. The van der Waals surface area contributed by atoms with Gasteiger partial charge in [0.25, 0.3) is 10.1 Å². The summed E-state index contributed by atoms with van der Waals surface area (Å²) in [6.45, 7) is 4.57. The number of carbonyl (C=O) groups is 1. The maximum absolute atomic E-state index is 12.6. The molecule has 0 rings (SSSR count). The molecule has 2 unspecified atom stereocenters. The molecule has 0 aliphatic heterocycles. The lowest BCUT2D eigenvalue weighted by molar-refractivity contribution is -0.122. The molecule has 0 saturated heterocycles. The van der Waals surface area contributed by atoms with Crippen LogP contribution in [-0.2, 0) is 14.9 Å². The molecule has 0 fully saturated rings. The average molecular weight is 840 g/mol. The highest BCUT2D eigenvalue weighted by atomic mass is 32.2. The Kier molecular flexibility index (Phi) is 44.9. The monoisotopic (exact) mass is 840 g/mol. The lowest BCUT2D eigenvalue weighted by Crippen LogP contribution is -2.46. The van der Waals surface area contributed by atoms with Crippen molar-refractivity contribution in [3.8, 4) is 0 Å². The van der Waals surface area contributed by atoms with Gasteiger partial charge in [-0.05, 0) is 19.3 Å². The van der Waals surface area contributed by atoms with Crippen molar-refractivity contribution in [3.63, 3.8) is 0 Å². The topological polar surface area (TPSA) is 104 Å². The van der Waals surface area contributed by atoms with Crippen molar-refractivity contribution in [2.75, 3.05) is 5.75 Å². The van der Waals surface area contributed by atoms with Crippen molar-refractivity contribution in [1.82, 2.24) is 5.32 Å². The number of carbonyl (C=O) groups excluding carboxylic acids is 1. The van der Waals surface area contributed by atoms with E-state index in [4.69, 9.17) is 0 Å². The first-order valence-electron chi connectivity index (χ1n) is 25.9. The molecular weight excluding hydrogens is 739 g/mol. The van der Waals surface area contributed by atoms with Gasteiger partial charge in [0.05, 0.1) is 17.9 Å². The van der Waals surface area contributed by atoms with E-state index in [-0.39, 0.29) is 5.91 Å². The Morgan fingerprint density at radius 1 is 0.448 bits per heavy atom. The zero-order valence-electron chi connectivity index (χ0n) is 38.9. The molecule has 0 saturated carbocycles. The first-order chi connectivity index (χ1) is 28.3. The summed E-state index contributed by atoms with van der Waals surface area (Å²) in [7, 11) is -4.34. The van der Waals surface area contributed by atoms with E-state index in [1.54, 1.807) is 6.08 Å². The van der Waals surface area contributed by atoms with Crippen LogP contribution in [0.3, 0.4) is 0 Å². The summed E-state index contributed by atoms with van der Waals surface area (Å²) in [4.78, 5) is 12.6. The van der Waals surface area contributed by atoms with Crippen LogP contribution < -0.4 is 5.32 Å². The van der Waals surface area contributed by atoms with Crippen molar-refractivity contribution in [3.05, 3.63) is 12.2 Å². The van der Waals surface area contributed by atoms with Gasteiger partial charge in [-0.25, -0.2) is 0 Å². The van der Waals surface area contributed by atoms with Crippen LogP contribution in [0.4, 0.5) is 0 Å². The van der Waals surface area contributed by atoms with E-state index in [9.17, 15) is 22.9 Å². The van der Waals surface area contributed by atoms with Crippen LogP contribution in [0.2, 0.25) is 0 Å². The Labute approximate surface area is 362 Å². The van der Waals surface area contributed by atoms with Crippen molar-refractivity contribution in [2.24, 2.45) is 0 Å². The van der Waals surface area contributed by atoms with Crippen LogP contribution in [0.15, 0.2) is 12.2 Å². The largest absolute Gasteiger partial charge is 0.387 e. The SMILES string of the molecule is CCCCCCCCCCCCCCCCCCCCC/C=C/C(O)C(CS(=O)(=O)O)NC(=O)CCCCCCCCCCCCCCCCCCCCCCCC. The smallest absolute Gasteiger partial charge is 0.267 e. The molecule has 0 spiro atoms. The molecule has 3 N–H and O–H groups in total. The molecule has 7 heteroatoms. The molecule has 346 valence electrons. The highest BCUT2D eigenvalue weighted by molar-refractivity contribution is 7.85. The Hall–Kier alpha value is -0.920. The Bertz CT molecular complexity index is 970. The normalized spacial score (nSPS) is 13.1. The molecule has 0 radical (unpaired) electrons. The number of aliphatic hydroxyl groups is 1. The molecule has 58 heavy (non-hydrogen) atoms. The molecule has 0 aliphatic rings. The highest BCUT2D eigenvalue weighted by Gasteiger charge is 2.24. The fourth-order valence-corrected chi connectivity index (χ4v) is 9.07. The minimum absolute atomic E-state index is 0.270. The molecule has 0 bridgehead atoms. The van der Waals surface area contributed by atoms with E-state index in [2.05, 4.69) is 19.2 Å². The molecule has 1 amide bonds. The van der Waals surface area contributed by atoms with Gasteiger partial charge in [-0.1, -0.05) is 276 Å². The summed E-state index contributed by atoms with van der Waals surface area (Å²) in [5.74, 6) is -0.962. The van der Waals surface area contributed by atoms with Crippen LogP contribution in [0.5, 0.6) is 0 Å². The van der Waals surface area contributed by atoms with E-state index in [0.29, 0.717) is 6.42 Å². The quantitative estimate of drug-likeness (QED) is 0.0322. The fourth-order valence-electron chi connectivity index (χ4n) is 8.34. The van der Waals surface area contributed by atoms with Crippen molar-refractivity contribution < 1.29 is 22.9 Å². The zero-order valence-corrected chi connectivity index (χ0v) is 39.8. The van der Waals surface area contributed by atoms with Gasteiger partial charge >= 0.3 is 0 Å². The fraction of sp³-hybridized carbons (Fsp3) is 0.941. The van der Waals surface area contributed by atoms with Gasteiger partial charge in [-0.3, -0.25) is 9.35 Å². The molecule has 0 heterocycles. The molecule has 0 aliphatic carbocycles. The van der Waals surface area contributed by atoms with Crippen LogP contribution in [0.1, 0.15) is 290 Å². The van der Waals surface area contributed by atoms with Gasteiger partial charge in [-0.15, -0.1) is 0 Å². The third-order valence-electron chi connectivity index (χ3n) is 12.2. The van der Waals surface area contributed by atoms with Gasteiger partial charge in [-0.2, -0.15) is 8.42 Å². The Morgan fingerprint density at radius 3 is 0.983 bits per heavy atom. The highest BCUT2D eigenvalue weighted by Crippen LogP contribution is 2.17. The van der Waals surface area contributed by atoms with Crippen LogP contribution in [-0.4, -0.2) is 41.9 Å². The first-order valence-corrected chi connectivity index (χ1v) is 27.5. The van der Waals surface area contributed by atoms with Crippen LogP contribution in [0, 0.1) is 0 Å². The van der Waals surface area contributed by atoms with E-state index in [0.717, 1.165) is 38.5 Å². The number of hydrogen-bond acceptors (Lipinski definition) is 4. The maximum atomic E-state index is 12.6. The molecule has 6 nitrogen and oxygen atoms in total. The van der Waals surface area contributed by atoms with E-state index < -0.39 is 28.0 Å². The van der Waals surface area contributed by atoms with Crippen molar-refractivity contribution in [1.29, 1.82) is 0 Å². The number of nitrogens with one attached hydrogen (secondary N) is 1. The average Bonchev–Trinajstić information content (AvgIpc) is 3.19. The zero-order chi connectivity index (χ0) is 42.5. The maximum Gasteiger partial charge on any atom is 0.267 e.